The second kappa shape index (κ2) is 5.82. The molecule has 17 heavy (non-hydrogen) atoms. The molecule has 0 saturated carbocycles. The van der Waals surface area contributed by atoms with E-state index in [0.717, 1.165) is 11.3 Å². The first kappa shape index (κ1) is 13.7. The Labute approximate surface area is 103 Å². The summed E-state index contributed by atoms with van der Waals surface area (Å²) in [6.45, 7) is 8.32. The average molecular weight is 235 g/mol. The molecule has 0 fully saturated rings. The van der Waals surface area contributed by atoms with Gasteiger partial charge in [0.25, 0.3) is 0 Å². The predicted molar refractivity (Wildman–Crippen MR) is 69.9 cm³/mol. The second-order valence-corrected chi connectivity index (χ2v) is 5.15. The molecule has 1 N–H and O–H groups in total. The zero-order valence-corrected chi connectivity index (χ0v) is 11.0. The largest absolute Gasteiger partial charge is 0.393 e. The van der Waals surface area contributed by atoms with Crippen molar-refractivity contribution in [2.24, 2.45) is 10.6 Å². The molecule has 0 heterocycles. The highest BCUT2D eigenvalue weighted by molar-refractivity contribution is 5.86. The van der Waals surface area contributed by atoms with Crippen LogP contribution in [0, 0.1) is 5.41 Å². The Morgan fingerprint density at radius 3 is 2.41 bits per heavy atom. The number of benzene rings is 1. The van der Waals surface area contributed by atoms with Crippen LogP contribution in [0.25, 0.3) is 0 Å². The zero-order valence-electron chi connectivity index (χ0n) is 11.0. The van der Waals surface area contributed by atoms with Crippen LogP contribution >= 0.6 is 0 Å². The van der Waals surface area contributed by atoms with Crippen molar-refractivity contribution in [1.82, 2.24) is 0 Å². The summed E-state index contributed by atoms with van der Waals surface area (Å²) < 4.78 is 0. The molecule has 1 aromatic carbocycles. The predicted octanol–water partition coefficient (Wildman–Crippen LogP) is 3.16. The molecule has 0 radical (unpaired) electrons. The summed E-state index contributed by atoms with van der Waals surface area (Å²) in [6.07, 6.45) is -0.632. The summed E-state index contributed by atoms with van der Waals surface area (Å²) >= 11 is 0. The van der Waals surface area contributed by atoms with Crippen LogP contribution in [0.3, 0.4) is 0 Å². The summed E-state index contributed by atoms with van der Waals surface area (Å²) in [4.78, 5) is 5.18. The van der Waals surface area contributed by atoms with Crippen LogP contribution in [-0.2, 0) is 4.84 Å². The highest BCUT2D eigenvalue weighted by Gasteiger charge is 2.15. The van der Waals surface area contributed by atoms with Gasteiger partial charge >= 0.3 is 0 Å². The highest BCUT2D eigenvalue weighted by atomic mass is 16.6. The van der Waals surface area contributed by atoms with Crippen LogP contribution in [0.2, 0.25) is 0 Å². The van der Waals surface area contributed by atoms with Gasteiger partial charge in [-0.05, 0) is 12.5 Å². The van der Waals surface area contributed by atoms with Crippen LogP contribution in [-0.4, -0.2) is 17.4 Å². The minimum absolute atomic E-state index is 0.00228. The average Bonchev–Trinajstić information content (AvgIpc) is 2.28. The summed E-state index contributed by atoms with van der Waals surface area (Å²) in [7, 11) is 0. The molecule has 0 unspecified atom stereocenters. The first-order valence-electron chi connectivity index (χ1n) is 5.81. The number of oxime groups is 1. The molecular formula is C14H21NO2. The van der Waals surface area contributed by atoms with Crippen LogP contribution in [0.5, 0.6) is 0 Å². The van der Waals surface area contributed by atoms with Gasteiger partial charge in [0.15, 0.2) is 0 Å². The maximum absolute atomic E-state index is 9.84. The number of nitrogens with zero attached hydrogens (tertiary/aromatic N) is 1. The Kier molecular flexibility index (Phi) is 4.70. The monoisotopic (exact) mass is 235 g/mol. The number of rotatable bonds is 4. The van der Waals surface area contributed by atoms with E-state index in [1.165, 1.54) is 0 Å². The molecule has 0 bridgehead atoms. The molecular weight excluding hydrogens is 214 g/mol. The van der Waals surface area contributed by atoms with Crippen LogP contribution in [0.4, 0.5) is 0 Å². The molecule has 3 nitrogen and oxygen atoms in total. The fourth-order valence-electron chi connectivity index (χ4n) is 1.11. The fraction of sp³-hybridized carbons (Fsp3) is 0.500. The smallest absolute Gasteiger partial charge is 0.147 e. The summed E-state index contributed by atoms with van der Waals surface area (Å²) in [6, 6.07) is 9.44. The molecule has 0 aromatic heterocycles. The summed E-state index contributed by atoms with van der Waals surface area (Å²) in [5.74, 6) is 0. The van der Waals surface area contributed by atoms with Crippen molar-refractivity contribution in [1.29, 1.82) is 0 Å². The van der Waals surface area contributed by atoms with Gasteiger partial charge in [0.2, 0.25) is 0 Å². The summed E-state index contributed by atoms with van der Waals surface area (Å²) in [5, 5.41) is 13.9. The lowest BCUT2D eigenvalue weighted by molar-refractivity contribution is 0.0382. The van der Waals surface area contributed by atoms with Gasteiger partial charge in [0, 0.05) is 5.41 Å². The van der Waals surface area contributed by atoms with Crippen molar-refractivity contribution in [3.05, 3.63) is 35.9 Å². The molecule has 0 amide bonds. The first-order valence-corrected chi connectivity index (χ1v) is 5.81. The topological polar surface area (TPSA) is 41.8 Å². The van der Waals surface area contributed by atoms with E-state index in [-0.39, 0.29) is 12.0 Å². The van der Waals surface area contributed by atoms with Crippen molar-refractivity contribution < 1.29 is 9.94 Å². The minimum atomic E-state index is -0.632. The lowest BCUT2D eigenvalue weighted by Gasteiger charge is -2.17. The standard InChI is InChI=1S/C14H21NO2/c1-11(14(2,3)4)15-17-10-13(16)12-8-6-5-7-9-12/h5-9,13,16H,10H2,1-4H3/b15-11+/t13-/m0/s1. The Morgan fingerprint density at radius 2 is 1.88 bits per heavy atom. The second-order valence-electron chi connectivity index (χ2n) is 5.15. The Morgan fingerprint density at radius 1 is 1.29 bits per heavy atom. The number of hydrogen-bond acceptors (Lipinski definition) is 3. The molecule has 1 rings (SSSR count). The van der Waals surface area contributed by atoms with Crippen LogP contribution in [0.1, 0.15) is 39.4 Å². The van der Waals surface area contributed by atoms with Gasteiger partial charge in [-0.3, -0.25) is 0 Å². The van der Waals surface area contributed by atoms with Gasteiger partial charge in [0.1, 0.15) is 12.7 Å². The maximum Gasteiger partial charge on any atom is 0.147 e. The van der Waals surface area contributed by atoms with Crippen molar-refractivity contribution >= 4 is 5.71 Å². The van der Waals surface area contributed by atoms with Gasteiger partial charge in [-0.1, -0.05) is 56.3 Å². The molecule has 3 heteroatoms. The molecule has 0 aliphatic heterocycles. The zero-order chi connectivity index (χ0) is 12.9. The van der Waals surface area contributed by atoms with E-state index in [1.807, 2.05) is 37.3 Å². The van der Waals surface area contributed by atoms with Crippen molar-refractivity contribution in [3.63, 3.8) is 0 Å². The summed E-state index contributed by atoms with van der Waals surface area (Å²) in [5.41, 5.74) is 1.76. The van der Waals surface area contributed by atoms with Crippen molar-refractivity contribution in [3.8, 4) is 0 Å². The van der Waals surface area contributed by atoms with Gasteiger partial charge in [-0.25, -0.2) is 0 Å². The Hall–Kier alpha value is -1.35. The quantitative estimate of drug-likeness (QED) is 0.643. The van der Waals surface area contributed by atoms with Crippen LogP contribution < -0.4 is 0 Å². The number of aliphatic hydroxyl groups excluding tert-OH is 1. The van der Waals surface area contributed by atoms with E-state index < -0.39 is 6.10 Å². The molecule has 0 saturated heterocycles. The molecule has 0 spiro atoms. The van der Waals surface area contributed by atoms with Crippen molar-refractivity contribution in [2.45, 2.75) is 33.8 Å². The molecule has 1 atom stereocenters. The molecule has 94 valence electrons. The van der Waals surface area contributed by atoms with E-state index in [2.05, 4.69) is 25.9 Å². The molecule has 0 aliphatic rings. The third kappa shape index (κ3) is 4.57. The van der Waals surface area contributed by atoms with Crippen molar-refractivity contribution in [2.75, 3.05) is 6.61 Å². The minimum Gasteiger partial charge on any atom is -0.393 e. The van der Waals surface area contributed by atoms with Crippen LogP contribution in [0.15, 0.2) is 35.5 Å². The lowest BCUT2D eigenvalue weighted by atomic mass is 9.91. The third-order valence-corrected chi connectivity index (χ3v) is 2.70. The highest BCUT2D eigenvalue weighted by Crippen LogP contribution is 2.17. The number of aliphatic hydroxyl groups is 1. The SMILES string of the molecule is C/C(=N\OC[C@H](O)c1ccccc1)C(C)(C)C. The molecule has 0 aliphatic carbocycles. The maximum atomic E-state index is 9.84. The van der Waals surface area contributed by atoms with Gasteiger partial charge in [-0.2, -0.15) is 0 Å². The number of hydrogen-bond donors (Lipinski definition) is 1. The third-order valence-electron chi connectivity index (χ3n) is 2.70. The van der Waals surface area contributed by atoms with E-state index in [0.29, 0.717) is 0 Å². The normalized spacial score (nSPS) is 14.5. The van der Waals surface area contributed by atoms with E-state index in [1.54, 1.807) is 0 Å². The van der Waals surface area contributed by atoms with E-state index in [9.17, 15) is 5.11 Å². The Bertz CT molecular complexity index is 366. The van der Waals surface area contributed by atoms with E-state index in [4.69, 9.17) is 4.84 Å². The Balaban J connectivity index is 2.47. The van der Waals surface area contributed by atoms with Gasteiger partial charge in [-0.15, -0.1) is 0 Å². The van der Waals surface area contributed by atoms with Gasteiger partial charge < -0.3 is 9.94 Å². The first-order chi connectivity index (χ1) is 7.91. The fourth-order valence-corrected chi connectivity index (χ4v) is 1.11. The van der Waals surface area contributed by atoms with E-state index >= 15 is 0 Å². The molecule has 1 aromatic rings. The lowest BCUT2D eigenvalue weighted by Crippen LogP contribution is -2.17. The van der Waals surface area contributed by atoms with Gasteiger partial charge in [0.05, 0.1) is 5.71 Å².